The molecule has 0 saturated carbocycles. The number of ether oxygens (including phenoxy) is 1. The lowest BCUT2D eigenvalue weighted by Gasteiger charge is -2.23. The maximum absolute atomic E-state index is 13.5. The predicted molar refractivity (Wildman–Crippen MR) is 53.2 cm³/mol. The van der Waals surface area contributed by atoms with Crippen molar-refractivity contribution in [3.05, 3.63) is 17.8 Å². The second-order valence-corrected chi connectivity index (χ2v) is 3.65. The summed E-state index contributed by atoms with van der Waals surface area (Å²) < 4.78 is 19.0. The van der Waals surface area contributed by atoms with Gasteiger partial charge in [0.15, 0.2) is 0 Å². The first-order chi connectivity index (χ1) is 7.27. The zero-order valence-electron chi connectivity index (χ0n) is 8.66. The van der Waals surface area contributed by atoms with Gasteiger partial charge in [-0.05, 0) is 32.9 Å². The molecule has 1 aromatic heterocycles. The van der Waals surface area contributed by atoms with Crippen LogP contribution >= 0.6 is 0 Å². The SMILES string of the molecule is Cc1ncnc(OC2CCNCC2)c1F. The van der Waals surface area contributed by atoms with Gasteiger partial charge in [0.25, 0.3) is 5.88 Å². The van der Waals surface area contributed by atoms with E-state index in [1.54, 1.807) is 6.92 Å². The Kier molecular flexibility index (Phi) is 3.11. The van der Waals surface area contributed by atoms with E-state index in [1.165, 1.54) is 6.33 Å². The molecular formula is C10H14FN3O. The van der Waals surface area contributed by atoms with Crippen LogP contribution in [0.25, 0.3) is 0 Å². The van der Waals surface area contributed by atoms with Crippen LogP contribution in [0.3, 0.4) is 0 Å². The molecule has 0 aromatic carbocycles. The monoisotopic (exact) mass is 211 g/mol. The second kappa shape index (κ2) is 4.53. The van der Waals surface area contributed by atoms with Crippen molar-refractivity contribution in [3.8, 4) is 5.88 Å². The van der Waals surface area contributed by atoms with E-state index in [9.17, 15) is 4.39 Å². The first-order valence-electron chi connectivity index (χ1n) is 5.12. The highest BCUT2D eigenvalue weighted by atomic mass is 19.1. The average molecular weight is 211 g/mol. The van der Waals surface area contributed by atoms with Crippen molar-refractivity contribution in [2.24, 2.45) is 0 Å². The second-order valence-electron chi connectivity index (χ2n) is 3.65. The topological polar surface area (TPSA) is 47.0 Å². The molecule has 5 heteroatoms. The molecule has 0 spiro atoms. The number of halogens is 1. The van der Waals surface area contributed by atoms with Crippen molar-refractivity contribution in [1.82, 2.24) is 15.3 Å². The van der Waals surface area contributed by atoms with Crippen molar-refractivity contribution < 1.29 is 9.13 Å². The van der Waals surface area contributed by atoms with Gasteiger partial charge in [-0.2, -0.15) is 9.37 Å². The van der Waals surface area contributed by atoms with Crippen LogP contribution in [-0.2, 0) is 0 Å². The number of nitrogens with zero attached hydrogens (tertiary/aromatic N) is 2. The fourth-order valence-electron chi connectivity index (χ4n) is 1.59. The Balaban J connectivity index is 2.06. The van der Waals surface area contributed by atoms with Gasteiger partial charge in [-0.3, -0.25) is 0 Å². The van der Waals surface area contributed by atoms with E-state index in [1.807, 2.05) is 0 Å². The highest BCUT2D eigenvalue weighted by molar-refractivity contribution is 5.16. The van der Waals surface area contributed by atoms with Crippen molar-refractivity contribution in [2.75, 3.05) is 13.1 Å². The third-order valence-corrected chi connectivity index (χ3v) is 2.50. The van der Waals surface area contributed by atoms with Crippen LogP contribution in [0, 0.1) is 12.7 Å². The summed E-state index contributed by atoms with van der Waals surface area (Å²) in [5.74, 6) is -0.370. The van der Waals surface area contributed by atoms with Gasteiger partial charge in [0.05, 0.1) is 5.69 Å². The summed E-state index contributed by atoms with van der Waals surface area (Å²) >= 11 is 0. The Morgan fingerprint density at radius 3 is 2.87 bits per heavy atom. The molecule has 1 N–H and O–H groups in total. The maximum Gasteiger partial charge on any atom is 0.254 e. The number of rotatable bonds is 2. The molecule has 82 valence electrons. The van der Waals surface area contributed by atoms with E-state index in [-0.39, 0.29) is 12.0 Å². The van der Waals surface area contributed by atoms with Crippen molar-refractivity contribution in [2.45, 2.75) is 25.9 Å². The summed E-state index contributed by atoms with van der Waals surface area (Å²) in [5, 5.41) is 3.22. The molecule has 0 aliphatic carbocycles. The number of nitrogens with one attached hydrogen (secondary N) is 1. The predicted octanol–water partition coefficient (Wildman–Crippen LogP) is 1.05. The lowest BCUT2D eigenvalue weighted by Crippen LogP contribution is -2.34. The highest BCUT2D eigenvalue weighted by Gasteiger charge is 2.18. The van der Waals surface area contributed by atoms with Crippen LogP contribution in [-0.4, -0.2) is 29.2 Å². The Labute approximate surface area is 87.9 Å². The Morgan fingerprint density at radius 2 is 2.13 bits per heavy atom. The molecule has 1 saturated heterocycles. The molecule has 1 aliphatic heterocycles. The standard InChI is InChI=1S/C10H14FN3O/c1-7-9(11)10(14-6-13-7)15-8-2-4-12-5-3-8/h6,8,12H,2-5H2,1H3. The fourth-order valence-corrected chi connectivity index (χ4v) is 1.59. The third-order valence-electron chi connectivity index (χ3n) is 2.50. The van der Waals surface area contributed by atoms with Crippen molar-refractivity contribution in [1.29, 1.82) is 0 Å². The summed E-state index contributed by atoms with van der Waals surface area (Å²) in [4.78, 5) is 7.56. The molecule has 0 unspecified atom stereocenters. The van der Waals surface area contributed by atoms with Gasteiger partial charge in [0, 0.05) is 0 Å². The summed E-state index contributed by atoms with van der Waals surface area (Å²) in [6.45, 7) is 3.43. The Hall–Kier alpha value is -1.23. The molecule has 2 rings (SSSR count). The smallest absolute Gasteiger partial charge is 0.254 e. The number of hydrogen-bond acceptors (Lipinski definition) is 4. The minimum Gasteiger partial charge on any atom is -0.472 e. The molecular weight excluding hydrogens is 197 g/mol. The molecule has 0 bridgehead atoms. The quantitative estimate of drug-likeness (QED) is 0.794. The third kappa shape index (κ3) is 2.41. The number of aryl methyl sites for hydroxylation is 1. The molecule has 0 atom stereocenters. The molecule has 1 aromatic rings. The lowest BCUT2D eigenvalue weighted by atomic mass is 10.1. The minimum absolute atomic E-state index is 0.0649. The van der Waals surface area contributed by atoms with Gasteiger partial charge in [-0.25, -0.2) is 4.98 Å². The summed E-state index contributed by atoms with van der Waals surface area (Å²) in [7, 11) is 0. The van der Waals surface area contributed by atoms with Crippen molar-refractivity contribution >= 4 is 0 Å². The number of aromatic nitrogens is 2. The first kappa shape index (κ1) is 10.3. The molecule has 2 heterocycles. The summed E-state index contributed by atoms with van der Waals surface area (Å²) in [5.41, 5.74) is 0.328. The van der Waals surface area contributed by atoms with Crippen LogP contribution < -0.4 is 10.1 Å². The molecule has 0 radical (unpaired) electrons. The summed E-state index contributed by atoms with van der Waals surface area (Å²) in [6.07, 6.45) is 3.18. The van der Waals surface area contributed by atoms with Gasteiger partial charge in [0.1, 0.15) is 12.4 Å². The van der Waals surface area contributed by atoms with Crippen LogP contribution in [0.4, 0.5) is 4.39 Å². The van der Waals surface area contributed by atoms with Gasteiger partial charge < -0.3 is 10.1 Å². The van der Waals surface area contributed by atoms with E-state index in [0.29, 0.717) is 5.69 Å². The molecule has 15 heavy (non-hydrogen) atoms. The minimum atomic E-state index is -0.448. The zero-order valence-corrected chi connectivity index (χ0v) is 8.66. The molecule has 1 fully saturated rings. The molecule has 0 amide bonds. The van der Waals surface area contributed by atoms with Gasteiger partial charge >= 0.3 is 0 Å². The first-order valence-corrected chi connectivity index (χ1v) is 5.12. The Morgan fingerprint density at radius 1 is 1.40 bits per heavy atom. The van der Waals surface area contributed by atoms with Crippen LogP contribution in [0.15, 0.2) is 6.33 Å². The Bertz CT molecular complexity index is 339. The van der Waals surface area contributed by atoms with Crippen molar-refractivity contribution in [3.63, 3.8) is 0 Å². The van der Waals surface area contributed by atoms with Crippen LogP contribution in [0.5, 0.6) is 5.88 Å². The number of hydrogen-bond donors (Lipinski definition) is 1. The summed E-state index contributed by atoms with van der Waals surface area (Å²) in [6, 6.07) is 0. The fraction of sp³-hybridized carbons (Fsp3) is 0.600. The average Bonchev–Trinajstić information content (AvgIpc) is 2.26. The van der Waals surface area contributed by atoms with Gasteiger partial charge in [-0.15, -0.1) is 0 Å². The van der Waals surface area contributed by atoms with E-state index < -0.39 is 5.82 Å². The van der Waals surface area contributed by atoms with E-state index in [2.05, 4.69) is 15.3 Å². The maximum atomic E-state index is 13.5. The zero-order chi connectivity index (χ0) is 10.7. The lowest BCUT2D eigenvalue weighted by molar-refractivity contribution is 0.148. The van der Waals surface area contributed by atoms with E-state index >= 15 is 0 Å². The number of piperidine rings is 1. The van der Waals surface area contributed by atoms with E-state index in [4.69, 9.17) is 4.74 Å². The largest absolute Gasteiger partial charge is 0.472 e. The normalized spacial score (nSPS) is 17.7. The highest BCUT2D eigenvalue weighted by Crippen LogP contribution is 2.18. The van der Waals surface area contributed by atoms with Gasteiger partial charge in [0.2, 0.25) is 5.82 Å². The van der Waals surface area contributed by atoms with E-state index in [0.717, 1.165) is 25.9 Å². The van der Waals surface area contributed by atoms with Crippen LogP contribution in [0.1, 0.15) is 18.5 Å². The molecule has 1 aliphatic rings. The van der Waals surface area contributed by atoms with Gasteiger partial charge in [-0.1, -0.05) is 0 Å². The molecule has 4 nitrogen and oxygen atoms in total. The van der Waals surface area contributed by atoms with Crippen LogP contribution in [0.2, 0.25) is 0 Å².